The van der Waals surface area contributed by atoms with Crippen molar-refractivity contribution < 1.29 is 4.92 Å². The molecule has 21 heavy (non-hydrogen) atoms. The molecule has 1 aromatic carbocycles. The third-order valence-corrected chi connectivity index (χ3v) is 3.08. The van der Waals surface area contributed by atoms with Crippen LogP contribution in [0.25, 0.3) is 0 Å². The Balaban J connectivity index is 2.13. The number of nitro groups is 1. The molecule has 0 atom stereocenters. The Morgan fingerprint density at radius 2 is 2.14 bits per heavy atom. The van der Waals surface area contributed by atoms with E-state index in [9.17, 15) is 10.1 Å². The van der Waals surface area contributed by atoms with Crippen LogP contribution in [-0.2, 0) is 12.1 Å². The van der Waals surface area contributed by atoms with Gasteiger partial charge in [-0.1, -0.05) is 16.8 Å². The summed E-state index contributed by atoms with van der Waals surface area (Å²) in [5, 5.41) is 22.4. The Labute approximate surface area is 127 Å². The number of nitrogens with zero attached hydrogens (tertiary/aromatic N) is 4. The zero-order chi connectivity index (χ0) is 15.6. The number of benzene rings is 1. The number of aromatic nitrogens is 3. The van der Waals surface area contributed by atoms with Crippen LogP contribution in [0.2, 0.25) is 5.02 Å². The molecule has 0 aliphatic heterocycles. The fourth-order valence-corrected chi connectivity index (χ4v) is 1.86. The van der Waals surface area contributed by atoms with Crippen molar-refractivity contribution in [2.45, 2.75) is 32.9 Å². The molecule has 0 fully saturated rings. The van der Waals surface area contributed by atoms with E-state index in [0.717, 1.165) is 0 Å². The molecule has 1 aromatic heterocycles. The van der Waals surface area contributed by atoms with Gasteiger partial charge in [0, 0.05) is 11.1 Å². The zero-order valence-corrected chi connectivity index (χ0v) is 12.8. The first-order valence-electron chi connectivity index (χ1n) is 6.37. The van der Waals surface area contributed by atoms with E-state index >= 15 is 0 Å². The van der Waals surface area contributed by atoms with Crippen LogP contribution in [0.1, 0.15) is 26.5 Å². The van der Waals surface area contributed by atoms with Crippen molar-refractivity contribution >= 4 is 23.0 Å². The average molecular weight is 310 g/mol. The molecule has 0 spiro atoms. The van der Waals surface area contributed by atoms with E-state index in [1.165, 1.54) is 6.07 Å². The molecule has 1 N–H and O–H groups in total. The molecule has 0 saturated heterocycles. The van der Waals surface area contributed by atoms with Crippen LogP contribution in [0.3, 0.4) is 0 Å². The van der Waals surface area contributed by atoms with Crippen molar-refractivity contribution in [2.24, 2.45) is 0 Å². The standard InChI is InChI=1S/C13H16ClN5O2/c1-13(2,3)18-8-10(16-17-18)7-15-11-5-4-9(14)6-12(11)19(20)21/h4-6,8,15H,7H2,1-3H3. The molecule has 8 heteroatoms. The quantitative estimate of drug-likeness (QED) is 0.692. The Bertz CT molecular complexity index is 663. The molecular weight excluding hydrogens is 294 g/mol. The highest BCUT2D eigenvalue weighted by molar-refractivity contribution is 6.30. The third-order valence-electron chi connectivity index (χ3n) is 2.84. The number of rotatable bonds is 4. The van der Waals surface area contributed by atoms with E-state index in [2.05, 4.69) is 15.6 Å². The Morgan fingerprint density at radius 3 is 2.71 bits per heavy atom. The summed E-state index contributed by atoms with van der Waals surface area (Å²) < 4.78 is 1.75. The lowest BCUT2D eigenvalue weighted by Crippen LogP contribution is -2.22. The smallest absolute Gasteiger partial charge is 0.293 e. The van der Waals surface area contributed by atoms with Crippen LogP contribution < -0.4 is 5.32 Å². The number of nitro benzene ring substituents is 1. The number of halogens is 1. The monoisotopic (exact) mass is 309 g/mol. The van der Waals surface area contributed by atoms with Crippen molar-refractivity contribution in [2.75, 3.05) is 5.32 Å². The third kappa shape index (κ3) is 3.69. The maximum Gasteiger partial charge on any atom is 0.293 e. The van der Waals surface area contributed by atoms with E-state index in [-0.39, 0.29) is 11.2 Å². The van der Waals surface area contributed by atoms with Crippen molar-refractivity contribution in [3.8, 4) is 0 Å². The number of nitrogens with one attached hydrogen (secondary N) is 1. The van der Waals surface area contributed by atoms with E-state index in [0.29, 0.717) is 22.9 Å². The lowest BCUT2D eigenvalue weighted by atomic mass is 10.1. The van der Waals surface area contributed by atoms with Gasteiger partial charge < -0.3 is 5.32 Å². The average Bonchev–Trinajstić information content (AvgIpc) is 2.85. The Kier molecular flexibility index (Phi) is 4.13. The van der Waals surface area contributed by atoms with Crippen molar-refractivity contribution in [3.63, 3.8) is 0 Å². The van der Waals surface area contributed by atoms with Gasteiger partial charge in [-0.3, -0.25) is 10.1 Å². The predicted octanol–water partition coefficient (Wildman–Crippen LogP) is 3.21. The molecule has 112 valence electrons. The molecule has 0 unspecified atom stereocenters. The van der Waals surface area contributed by atoms with Gasteiger partial charge in [-0.25, -0.2) is 4.68 Å². The minimum atomic E-state index is -0.472. The van der Waals surface area contributed by atoms with Gasteiger partial charge in [0.05, 0.1) is 23.2 Å². The number of hydrogen-bond donors (Lipinski definition) is 1. The van der Waals surface area contributed by atoms with Crippen LogP contribution in [-0.4, -0.2) is 19.9 Å². The highest BCUT2D eigenvalue weighted by Gasteiger charge is 2.17. The summed E-state index contributed by atoms with van der Waals surface area (Å²) in [6.45, 7) is 6.40. The van der Waals surface area contributed by atoms with Gasteiger partial charge in [-0.05, 0) is 32.9 Å². The SMILES string of the molecule is CC(C)(C)n1cc(CNc2ccc(Cl)cc2[N+](=O)[O-])nn1. The van der Waals surface area contributed by atoms with Crippen LogP contribution in [0.15, 0.2) is 24.4 Å². The van der Waals surface area contributed by atoms with Gasteiger partial charge in [0.25, 0.3) is 5.69 Å². The number of anilines is 1. The molecule has 7 nitrogen and oxygen atoms in total. The summed E-state index contributed by atoms with van der Waals surface area (Å²) in [5.74, 6) is 0. The van der Waals surface area contributed by atoms with Gasteiger partial charge in [0.1, 0.15) is 11.4 Å². The van der Waals surface area contributed by atoms with Gasteiger partial charge >= 0.3 is 0 Å². The topological polar surface area (TPSA) is 85.9 Å². The summed E-state index contributed by atoms with van der Waals surface area (Å²) in [6.07, 6.45) is 1.81. The van der Waals surface area contributed by atoms with Crippen LogP contribution in [0.4, 0.5) is 11.4 Å². The summed E-state index contributed by atoms with van der Waals surface area (Å²) >= 11 is 5.77. The predicted molar refractivity (Wildman–Crippen MR) is 80.5 cm³/mol. The zero-order valence-electron chi connectivity index (χ0n) is 12.0. The second-order valence-electron chi connectivity index (χ2n) is 5.60. The molecule has 1 heterocycles. The molecule has 0 bridgehead atoms. The molecule has 0 amide bonds. The lowest BCUT2D eigenvalue weighted by molar-refractivity contribution is -0.383. The van der Waals surface area contributed by atoms with Crippen LogP contribution in [0.5, 0.6) is 0 Å². The second-order valence-corrected chi connectivity index (χ2v) is 6.03. The summed E-state index contributed by atoms with van der Waals surface area (Å²) in [4.78, 5) is 10.5. The first-order valence-corrected chi connectivity index (χ1v) is 6.74. The maximum absolute atomic E-state index is 11.0. The van der Waals surface area contributed by atoms with Crippen LogP contribution in [0, 0.1) is 10.1 Å². The summed E-state index contributed by atoms with van der Waals surface area (Å²) in [5.41, 5.74) is 0.881. The van der Waals surface area contributed by atoms with Gasteiger partial charge in [-0.15, -0.1) is 5.10 Å². The van der Waals surface area contributed by atoms with E-state index < -0.39 is 4.92 Å². The Hall–Kier alpha value is -2.15. The largest absolute Gasteiger partial charge is 0.374 e. The van der Waals surface area contributed by atoms with Gasteiger partial charge in [0.2, 0.25) is 0 Å². The normalized spacial score (nSPS) is 11.4. The molecule has 0 aliphatic carbocycles. The summed E-state index contributed by atoms with van der Waals surface area (Å²) in [7, 11) is 0. The summed E-state index contributed by atoms with van der Waals surface area (Å²) in [6, 6.07) is 4.49. The molecular formula is C13H16ClN5O2. The minimum Gasteiger partial charge on any atom is -0.374 e. The van der Waals surface area contributed by atoms with Crippen molar-refractivity contribution in [1.29, 1.82) is 0 Å². The minimum absolute atomic E-state index is 0.0642. The molecule has 0 saturated carbocycles. The fraction of sp³-hybridized carbons (Fsp3) is 0.385. The first-order chi connectivity index (χ1) is 9.77. The molecule has 0 aliphatic rings. The molecule has 0 radical (unpaired) electrons. The molecule has 2 aromatic rings. The highest BCUT2D eigenvalue weighted by atomic mass is 35.5. The van der Waals surface area contributed by atoms with E-state index in [1.807, 2.05) is 27.0 Å². The molecule has 2 rings (SSSR count). The number of hydrogen-bond acceptors (Lipinski definition) is 5. The van der Waals surface area contributed by atoms with E-state index in [1.54, 1.807) is 16.8 Å². The van der Waals surface area contributed by atoms with Gasteiger partial charge in [0.15, 0.2) is 0 Å². The first kappa shape index (κ1) is 15.2. The van der Waals surface area contributed by atoms with E-state index in [4.69, 9.17) is 11.6 Å². The van der Waals surface area contributed by atoms with Crippen LogP contribution >= 0.6 is 11.6 Å². The second kappa shape index (κ2) is 5.69. The van der Waals surface area contributed by atoms with Crippen molar-refractivity contribution in [1.82, 2.24) is 15.0 Å². The highest BCUT2D eigenvalue weighted by Crippen LogP contribution is 2.28. The maximum atomic E-state index is 11.0. The lowest BCUT2D eigenvalue weighted by Gasteiger charge is -2.17. The van der Waals surface area contributed by atoms with Gasteiger partial charge in [-0.2, -0.15) is 0 Å². The van der Waals surface area contributed by atoms with Crippen molar-refractivity contribution in [3.05, 3.63) is 45.2 Å². The fourth-order valence-electron chi connectivity index (χ4n) is 1.70. The Morgan fingerprint density at radius 1 is 1.43 bits per heavy atom.